The molecular weight excluding hydrogens is 627 g/mol. The van der Waals surface area contributed by atoms with Gasteiger partial charge in [-0.25, -0.2) is 0 Å². The summed E-state index contributed by atoms with van der Waals surface area (Å²) in [6.07, 6.45) is 2.05. The monoisotopic (exact) mass is 671 g/mol. The number of nitrogens with zero attached hydrogens (tertiary/aromatic N) is 1. The molecule has 9 rings (SSSR count). The summed E-state index contributed by atoms with van der Waals surface area (Å²) in [5, 5.41) is 0. The third-order valence-electron chi connectivity index (χ3n) is 11.9. The van der Waals surface area contributed by atoms with Gasteiger partial charge in [0.2, 0.25) is 0 Å². The molecule has 1 nitrogen and oxygen atoms in total. The first-order chi connectivity index (χ1) is 25.3. The predicted molar refractivity (Wildman–Crippen MR) is 219 cm³/mol. The summed E-state index contributed by atoms with van der Waals surface area (Å²) in [5.74, 6) is 0.416. The van der Waals surface area contributed by atoms with Gasteiger partial charge >= 0.3 is 0 Å². The lowest BCUT2D eigenvalue weighted by molar-refractivity contribution is 0.648. The lowest BCUT2D eigenvalue weighted by Gasteiger charge is -2.28. The molecule has 1 heteroatoms. The first-order valence-electron chi connectivity index (χ1n) is 18.8. The number of fused-ring (bicyclic) bond motifs is 6. The van der Waals surface area contributed by atoms with E-state index in [0.29, 0.717) is 5.92 Å². The molecule has 2 aliphatic rings. The van der Waals surface area contributed by atoms with Gasteiger partial charge in [0.15, 0.2) is 0 Å². The van der Waals surface area contributed by atoms with E-state index in [1.807, 2.05) is 0 Å². The van der Waals surface area contributed by atoms with Crippen molar-refractivity contribution in [3.05, 3.63) is 209 Å². The van der Waals surface area contributed by atoms with E-state index in [0.717, 1.165) is 24.2 Å². The number of rotatable bonds is 8. The largest absolute Gasteiger partial charge is 0.310 e. The van der Waals surface area contributed by atoms with Crippen LogP contribution in [0, 0.1) is 0 Å². The zero-order valence-electron chi connectivity index (χ0n) is 30.6. The van der Waals surface area contributed by atoms with Gasteiger partial charge in [0, 0.05) is 27.9 Å². The second kappa shape index (κ2) is 12.5. The minimum Gasteiger partial charge on any atom is -0.310 e. The number of benzene rings is 7. The summed E-state index contributed by atoms with van der Waals surface area (Å²) in [6.45, 7) is 9.66. The van der Waals surface area contributed by atoms with Crippen LogP contribution in [-0.4, -0.2) is 0 Å². The summed E-state index contributed by atoms with van der Waals surface area (Å²) >= 11 is 0. The molecule has 0 saturated heterocycles. The van der Waals surface area contributed by atoms with Gasteiger partial charge in [-0.05, 0) is 128 Å². The van der Waals surface area contributed by atoms with Crippen LogP contribution < -0.4 is 4.90 Å². The fourth-order valence-corrected chi connectivity index (χ4v) is 9.08. The third kappa shape index (κ3) is 5.39. The van der Waals surface area contributed by atoms with Crippen LogP contribution in [0.3, 0.4) is 0 Å². The average molecular weight is 672 g/mol. The number of hydrogen-bond acceptors (Lipinski definition) is 1. The van der Waals surface area contributed by atoms with Crippen LogP contribution in [0.25, 0.3) is 22.3 Å². The van der Waals surface area contributed by atoms with E-state index in [1.54, 1.807) is 0 Å². The highest BCUT2D eigenvalue weighted by Gasteiger charge is 2.42. The fourth-order valence-electron chi connectivity index (χ4n) is 9.08. The molecule has 52 heavy (non-hydrogen) atoms. The SMILES string of the molecule is CC1(C)c2cc(CC(Cc3ccccc3)c3ccccc3)ccc2-c2cc3c(cc21)-c1ccc(N(c2ccccc2)c2ccccc2)cc1C3(C)C. The van der Waals surface area contributed by atoms with E-state index in [2.05, 4.69) is 202 Å². The Bertz CT molecular complexity index is 2350. The lowest BCUT2D eigenvalue weighted by atomic mass is 9.79. The van der Waals surface area contributed by atoms with Crippen molar-refractivity contribution in [1.82, 2.24) is 0 Å². The molecular formula is C51H45N. The molecule has 7 aromatic rings. The molecule has 0 bridgehead atoms. The molecule has 0 radical (unpaired) electrons. The Morgan fingerprint density at radius 2 is 0.827 bits per heavy atom. The maximum Gasteiger partial charge on any atom is 0.0465 e. The Labute approximate surface area is 309 Å². The molecule has 0 heterocycles. The van der Waals surface area contributed by atoms with E-state index in [-0.39, 0.29) is 10.8 Å². The van der Waals surface area contributed by atoms with E-state index in [9.17, 15) is 0 Å². The lowest BCUT2D eigenvalue weighted by Crippen LogP contribution is -2.17. The molecule has 0 spiro atoms. The summed E-state index contributed by atoms with van der Waals surface area (Å²) in [6, 6.07) is 63.0. The van der Waals surface area contributed by atoms with Crippen LogP contribution in [0.2, 0.25) is 0 Å². The van der Waals surface area contributed by atoms with E-state index >= 15 is 0 Å². The Morgan fingerprint density at radius 3 is 1.38 bits per heavy atom. The van der Waals surface area contributed by atoms with Crippen molar-refractivity contribution < 1.29 is 0 Å². The van der Waals surface area contributed by atoms with Gasteiger partial charge < -0.3 is 4.90 Å². The maximum atomic E-state index is 2.53. The fraction of sp³-hybridized carbons (Fsp3) is 0.176. The second-order valence-corrected chi connectivity index (χ2v) is 15.8. The molecule has 2 aliphatic carbocycles. The average Bonchev–Trinajstić information content (AvgIpc) is 3.54. The van der Waals surface area contributed by atoms with E-state index in [1.165, 1.54) is 66.9 Å². The van der Waals surface area contributed by atoms with Crippen molar-refractivity contribution in [3.8, 4) is 22.3 Å². The quantitative estimate of drug-likeness (QED) is 0.155. The number of para-hydroxylation sites is 2. The van der Waals surface area contributed by atoms with Crippen LogP contribution in [0.1, 0.15) is 72.6 Å². The molecule has 0 saturated carbocycles. The highest BCUT2D eigenvalue weighted by atomic mass is 15.1. The molecule has 1 unspecified atom stereocenters. The van der Waals surface area contributed by atoms with Crippen LogP contribution in [0.15, 0.2) is 170 Å². The standard InChI is InChI=1S/C51H45N/c1-50(2)46-31-36(30-38(37-19-11-6-12-20-37)29-35-17-9-5-10-18-35)25-27-42(46)44-33-49-45(34-48(44)50)43-28-26-41(32-47(43)51(49,3)4)52(39-21-13-7-14-22-39)40-23-15-8-16-24-40/h5-28,31-34,38H,29-30H2,1-4H3. The van der Waals surface area contributed by atoms with Crippen LogP contribution >= 0.6 is 0 Å². The maximum absolute atomic E-state index is 2.53. The topological polar surface area (TPSA) is 3.24 Å². The van der Waals surface area contributed by atoms with Crippen molar-refractivity contribution in [2.24, 2.45) is 0 Å². The highest BCUT2D eigenvalue weighted by molar-refractivity contribution is 5.91. The molecule has 0 aliphatic heterocycles. The highest BCUT2D eigenvalue weighted by Crippen LogP contribution is 2.57. The Kier molecular flexibility index (Phi) is 7.77. The van der Waals surface area contributed by atoms with Gasteiger partial charge in [-0.15, -0.1) is 0 Å². The number of hydrogen-bond donors (Lipinski definition) is 0. The van der Waals surface area contributed by atoms with Crippen molar-refractivity contribution >= 4 is 17.1 Å². The predicted octanol–water partition coefficient (Wildman–Crippen LogP) is 13.3. The van der Waals surface area contributed by atoms with E-state index in [4.69, 9.17) is 0 Å². The summed E-state index contributed by atoms with van der Waals surface area (Å²) < 4.78 is 0. The number of anilines is 3. The van der Waals surface area contributed by atoms with Gasteiger partial charge in [0.1, 0.15) is 0 Å². The third-order valence-corrected chi connectivity index (χ3v) is 11.9. The van der Waals surface area contributed by atoms with Crippen molar-refractivity contribution in [3.63, 3.8) is 0 Å². The van der Waals surface area contributed by atoms with Crippen LogP contribution in [0.5, 0.6) is 0 Å². The summed E-state index contributed by atoms with van der Waals surface area (Å²) in [4.78, 5) is 2.37. The van der Waals surface area contributed by atoms with Crippen molar-refractivity contribution in [2.75, 3.05) is 4.90 Å². The van der Waals surface area contributed by atoms with Crippen molar-refractivity contribution in [2.45, 2.75) is 57.3 Å². The molecule has 1 atom stereocenters. The van der Waals surface area contributed by atoms with Gasteiger partial charge in [0.05, 0.1) is 0 Å². The molecule has 0 amide bonds. The molecule has 0 aromatic heterocycles. The minimum absolute atomic E-state index is 0.0956. The first-order valence-corrected chi connectivity index (χ1v) is 18.8. The molecule has 7 aromatic carbocycles. The van der Waals surface area contributed by atoms with Crippen LogP contribution in [-0.2, 0) is 23.7 Å². The Hall–Kier alpha value is -5.66. The molecule has 254 valence electrons. The van der Waals surface area contributed by atoms with Gasteiger partial charge in [-0.2, -0.15) is 0 Å². The zero-order chi connectivity index (χ0) is 35.5. The second-order valence-electron chi connectivity index (χ2n) is 15.8. The minimum atomic E-state index is -0.137. The summed E-state index contributed by atoms with van der Waals surface area (Å²) in [7, 11) is 0. The Balaban J connectivity index is 1.08. The van der Waals surface area contributed by atoms with Gasteiger partial charge in [0.25, 0.3) is 0 Å². The van der Waals surface area contributed by atoms with Gasteiger partial charge in [-0.3, -0.25) is 0 Å². The first kappa shape index (κ1) is 32.3. The Morgan fingerprint density at radius 1 is 0.385 bits per heavy atom. The molecule has 0 fully saturated rings. The molecule has 0 N–H and O–H groups in total. The van der Waals surface area contributed by atoms with E-state index < -0.39 is 0 Å². The summed E-state index contributed by atoms with van der Waals surface area (Å²) in [5.41, 5.74) is 18.7. The smallest absolute Gasteiger partial charge is 0.0465 e. The van der Waals surface area contributed by atoms with Crippen molar-refractivity contribution in [1.29, 1.82) is 0 Å². The van der Waals surface area contributed by atoms with Crippen LogP contribution in [0.4, 0.5) is 17.1 Å². The van der Waals surface area contributed by atoms with Gasteiger partial charge in [-0.1, -0.05) is 149 Å². The normalized spacial score (nSPS) is 14.9. The zero-order valence-corrected chi connectivity index (χ0v) is 30.6.